The molecule has 3 atom stereocenters. The van der Waals surface area contributed by atoms with Crippen molar-refractivity contribution in [1.82, 2.24) is 5.32 Å². The van der Waals surface area contributed by atoms with E-state index >= 15 is 0 Å². The summed E-state index contributed by atoms with van der Waals surface area (Å²) in [7, 11) is -3.02. The third-order valence-electron chi connectivity index (χ3n) is 6.50. The van der Waals surface area contributed by atoms with Crippen LogP contribution in [0.4, 0.5) is 4.79 Å². The maximum atomic E-state index is 14.1. The Kier molecular flexibility index (Phi) is 10.2. The van der Waals surface area contributed by atoms with Gasteiger partial charge in [0.15, 0.2) is 5.54 Å². The van der Waals surface area contributed by atoms with Crippen LogP contribution in [0, 0.1) is 0 Å². The molecular weight excluding hydrogens is 533 g/mol. The van der Waals surface area contributed by atoms with Crippen molar-refractivity contribution in [2.45, 2.75) is 64.3 Å². The topological polar surface area (TPSA) is 90.9 Å². The fraction of sp³-hybridized carbons (Fsp3) is 0.400. The van der Waals surface area contributed by atoms with Crippen LogP contribution in [0.15, 0.2) is 71.4 Å². The van der Waals surface area contributed by atoms with Crippen LogP contribution in [0.2, 0.25) is 0 Å². The number of alkyl carbamates (subject to hydrolysis) is 1. The van der Waals surface area contributed by atoms with E-state index in [-0.39, 0.29) is 19.6 Å². The van der Waals surface area contributed by atoms with Gasteiger partial charge in [0.2, 0.25) is 8.03 Å². The number of carbonyl (C=O) groups excluding carboxylic acids is 2. The van der Waals surface area contributed by atoms with E-state index in [0.717, 1.165) is 16.7 Å². The summed E-state index contributed by atoms with van der Waals surface area (Å²) in [5.74, 6) is -0.720. The van der Waals surface area contributed by atoms with Gasteiger partial charge in [-0.3, -0.25) is 4.57 Å². The lowest BCUT2D eigenvalue weighted by Gasteiger charge is -2.46. The summed E-state index contributed by atoms with van der Waals surface area (Å²) in [5.41, 5.74) is 0.761. The first-order chi connectivity index (χ1) is 18.5. The van der Waals surface area contributed by atoms with Crippen molar-refractivity contribution in [1.29, 1.82) is 0 Å². The average Bonchev–Trinajstić information content (AvgIpc) is 3.43. The minimum Gasteiger partial charge on any atom is -0.464 e. The van der Waals surface area contributed by atoms with Crippen LogP contribution in [0.3, 0.4) is 0 Å². The second kappa shape index (κ2) is 12.9. The number of carbonyl (C=O) groups is 2. The monoisotopic (exact) mass is 571 g/mol. The second-order valence-corrected chi connectivity index (χ2v) is 13.0. The second-order valence-electron chi connectivity index (χ2n) is 10.3. The molecule has 0 radical (unpaired) electrons. The first-order valence-corrected chi connectivity index (χ1v) is 15.3. The molecule has 1 amide bonds. The van der Waals surface area contributed by atoms with Crippen LogP contribution in [0.25, 0.3) is 11.1 Å². The third kappa shape index (κ3) is 6.99. The summed E-state index contributed by atoms with van der Waals surface area (Å²) in [4.78, 5) is 27.5. The van der Waals surface area contributed by atoms with E-state index in [1.807, 2.05) is 41.8 Å². The molecule has 0 spiro atoms. The van der Waals surface area contributed by atoms with Gasteiger partial charge < -0.3 is 19.3 Å². The highest BCUT2D eigenvalue weighted by Gasteiger charge is 2.61. The Hall–Kier alpha value is -2.93. The van der Waals surface area contributed by atoms with Gasteiger partial charge in [-0.05, 0) is 80.6 Å². The van der Waals surface area contributed by atoms with Crippen molar-refractivity contribution >= 4 is 31.4 Å². The molecule has 1 aromatic heterocycles. The zero-order valence-electron chi connectivity index (χ0n) is 23.4. The predicted molar refractivity (Wildman–Crippen MR) is 157 cm³/mol. The number of benzene rings is 2. The maximum Gasteiger partial charge on any atom is 0.408 e. The zero-order chi connectivity index (χ0) is 28.7. The quantitative estimate of drug-likeness (QED) is 0.193. The fourth-order valence-corrected chi connectivity index (χ4v) is 6.76. The Morgan fingerprint density at radius 1 is 0.897 bits per heavy atom. The van der Waals surface area contributed by atoms with E-state index in [1.165, 1.54) is 0 Å². The molecule has 1 N–H and O–H groups in total. The summed E-state index contributed by atoms with van der Waals surface area (Å²) in [5, 5.41) is 5.42. The van der Waals surface area contributed by atoms with Crippen LogP contribution < -0.4 is 5.32 Å². The van der Waals surface area contributed by atoms with Crippen molar-refractivity contribution in [2.24, 2.45) is 0 Å². The van der Waals surface area contributed by atoms with Crippen LogP contribution in [0.5, 0.6) is 0 Å². The van der Waals surface area contributed by atoms with Gasteiger partial charge in [-0.2, -0.15) is 11.3 Å². The molecule has 0 bridgehead atoms. The van der Waals surface area contributed by atoms with E-state index < -0.39 is 36.4 Å². The Morgan fingerprint density at radius 2 is 1.56 bits per heavy atom. The molecule has 9 heteroatoms. The van der Waals surface area contributed by atoms with E-state index in [0.29, 0.717) is 5.56 Å². The number of esters is 1. The number of thiophene rings is 1. The van der Waals surface area contributed by atoms with Gasteiger partial charge in [0.1, 0.15) is 10.8 Å². The minimum atomic E-state index is -3.02. The Morgan fingerprint density at radius 3 is 2.10 bits per heavy atom. The Bertz CT molecular complexity index is 1260. The molecule has 0 aliphatic rings. The summed E-state index contributed by atoms with van der Waals surface area (Å²) >= 11 is 1.61. The van der Waals surface area contributed by atoms with Crippen molar-refractivity contribution in [3.63, 3.8) is 0 Å². The standard InChI is InChI=1S/C30H38NO6PS/c1-7-35-26(32)30(31-27(33)37-28(3,4)5,20-22-14-16-23(17-15-22)24-18-19-39-21-24)29(6,38(34)36-8-2)25-12-10-9-11-13-25/h9-19,21,38H,7-8,20H2,1-6H3,(H,31,33)/t29-,30+/m1/s1. The number of nitrogens with one attached hydrogen (secondary N) is 1. The van der Waals surface area contributed by atoms with Gasteiger partial charge in [0.05, 0.1) is 13.2 Å². The molecule has 0 saturated carbocycles. The molecular formula is C30H38NO6PS. The lowest BCUT2D eigenvalue weighted by Crippen LogP contribution is -2.67. The number of hydrogen-bond acceptors (Lipinski definition) is 7. The predicted octanol–water partition coefficient (Wildman–Crippen LogP) is 7.21. The van der Waals surface area contributed by atoms with Gasteiger partial charge in [-0.25, -0.2) is 9.59 Å². The summed E-state index contributed by atoms with van der Waals surface area (Å²) in [6, 6.07) is 18.8. The van der Waals surface area contributed by atoms with Crippen LogP contribution in [-0.2, 0) is 34.9 Å². The highest BCUT2D eigenvalue weighted by atomic mass is 32.1. The van der Waals surface area contributed by atoms with Gasteiger partial charge in [0.25, 0.3) is 0 Å². The summed E-state index contributed by atoms with van der Waals surface area (Å²) in [6.45, 7) is 10.6. The van der Waals surface area contributed by atoms with Crippen molar-refractivity contribution in [2.75, 3.05) is 13.2 Å². The van der Waals surface area contributed by atoms with Gasteiger partial charge in [0, 0.05) is 6.42 Å². The smallest absolute Gasteiger partial charge is 0.408 e. The number of amides is 1. The first-order valence-electron chi connectivity index (χ1n) is 13.0. The molecule has 3 aromatic rings. The van der Waals surface area contributed by atoms with Crippen molar-refractivity contribution < 1.29 is 28.2 Å². The summed E-state index contributed by atoms with van der Waals surface area (Å²) in [6.07, 6.45) is -0.831. The molecule has 0 fully saturated rings. The number of ether oxygens (including phenoxy) is 2. The van der Waals surface area contributed by atoms with Crippen LogP contribution >= 0.6 is 19.4 Å². The maximum absolute atomic E-state index is 14.1. The SMILES string of the molecule is CCOC(=O)[C@](Cc1ccc(-c2ccsc2)cc1)(NC(=O)OC(C)(C)C)[C@@](C)(c1ccccc1)[PH](=O)OCC. The zero-order valence-corrected chi connectivity index (χ0v) is 25.2. The summed E-state index contributed by atoms with van der Waals surface area (Å²) < 4.78 is 31.0. The molecule has 3 rings (SSSR count). The highest BCUT2D eigenvalue weighted by Crippen LogP contribution is 2.56. The van der Waals surface area contributed by atoms with Gasteiger partial charge >= 0.3 is 12.1 Å². The molecule has 1 heterocycles. The van der Waals surface area contributed by atoms with E-state index in [1.54, 1.807) is 77.1 Å². The Labute approximate surface area is 235 Å². The molecule has 210 valence electrons. The number of rotatable bonds is 11. The lowest BCUT2D eigenvalue weighted by molar-refractivity contribution is -0.153. The third-order valence-corrected chi connectivity index (χ3v) is 9.27. The molecule has 7 nitrogen and oxygen atoms in total. The average molecular weight is 572 g/mol. The van der Waals surface area contributed by atoms with E-state index in [2.05, 4.69) is 10.7 Å². The Balaban J connectivity index is 2.25. The van der Waals surface area contributed by atoms with Crippen molar-refractivity contribution in [3.05, 3.63) is 82.6 Å². The molecule has 39 heavy (non-hydrogen) atoms. The molecule has 0 aliphatic heterocycles. The van der Waals surface area contributed by atoms with Crippen LogP contribution in [-0.4, -0.2) is 36.4 Å². The normalized spacial score (nSPS) is 15.4. The molecule has 0 saturated heterocycles. The van der Waals surface area contributed by atoms with Gasteiger partial charge in [-0.1, -0.05) is 54.6 Å². The largest absolute Gasteiger partial charge is 0.464 e. The van der Waals surface area contributed by atoms with Gasteiger partial charge in [-0.15, -0.1) is 0 Å². The van der Waals surface area contributed by atoms with Crippen LogP contribution in [0.1, 0.15) is 52.7 Å². The fourth-order valence-electron chi connectivity index (χ4n) is 4.54. The minimum absolute atomic E-state index is 0.0101. The molecule has 0 aliphatic carbocycles. The molecule has 1 unspecified atom stereocenters. The van der Waals surface area contributed by atoms with E-state index in [9.17, 15) is 14.2 Å². The number of hydrogen-bond donors (Lipinski definition) is 1. The lowest BCUT2D eigenvalue weighted by atomic mass is 9.75. The van der Waals surface area contributed by atoms with Crippen molar-refractivity contribution in [3.8, 4) is 11.1 Å². The highest BCUT2D eigenvalue weighted by molar-refractivity contribution is 7.40. The van der Waals surface area contributed by atoms with E-state index in [4.69, 9.17) is 14.0 Å². The first kappa shape index (κ1) is 30.6. The molecule has 2 aromatic carbocycles.